The standard InChI is InChI=1S/C12H10F4O3/c1-18-10(17)6-5-8-3-2-4-9(7-8)19-12(15,16)11(13)14/h2-7,11H,1H3. The fourth-order valence-corrected chi connectivity index (χ4v) is 1.12. The molecule has 3 nitrogen and oxygen atoms in total. The number of ether oxygens (including phenoxy) is 2. The second-order valence-corrected chi connectivity index (χ2v) is 3.39. The molecule has 0 saturated heterocycles. The van der Waals surface area contributed by atoms with Crippen molar-refractivity contribution in [3.8, 4) is 5.75 Å². The number of halogens is 4. The van der Waals surface area contributed by atoms with Gasteiger partial charge in [-0.2, -0.15) is 17.6 Å². The van der Waals surface area contributed by atoms with Crippen LogP contribution in [-0.4, -0.2) is 25.6 Å². The number of methoxy groups -OCH3 is 1. The molecule has 0 fully saturated rings. The summed E-state index contributed by atoms with van der Waals surface area (Å²) < 4.78 is 57.5. The van der Waals surface area contributed by atoms with E-state index in [9.17, 15) is 22.4 Å². The summed E-state index contributed by atoms with van der Waals surface area (Å²) in [4.78, 5) is 10.8. The summed E-state index contributed by atoms with van der Waals surface area (Å²) in [5.74, 6) is -1.07. The van der Waals surface area contributed by atoms with Crippen LogP contribution in [0.15, 0.2) is 30.3 Å². The molecule has 1 aromatic carbocycles. The first-order chi connectivity index (χ1) is 8.85. The highest BCUT2D eigenvalue weighted by Crippen LogP contribution is 2.27. The van der Waals surface area contributed by atoms with Gasteiger partial charge in [-0.3, -0.25) is 0 Å². The van der Waals surface area contributed by atoms with Crippen molar-refractivity contribution in [1.29, 1.82) is 0 Å². The number of carbonyl (C=O) groups is 1. The minimum absolute atomic E-state index is 0.327. The lowest BCUT2D eigenvalue weighted by atomic mass is 10.2. The van der Waals surface area contributed by atoms with Crippen LogP contribution in [0.2, 0.25) is 0 Å². The summed E-state index contributed by atoms with van der Waals surface area (Å²) in [5.41, 5.74) is 0.327. The van der Waals surface area contributed by atoms with Crippen molar-refractivity contribution in [2.75, 3.05) is 7.11 Å². The van der Waals surface area contributed by atoms with E-state index < -0.39 is 24.3 Å². The van der Waals surface area contributed by atoms with Crippen LogP contribution < -0.4 is 4.74 Å². The number of benzene rings is 1. The van der Waals surface area contributed by atoms with Gasteiger partial charge < -0.3 is 9.47 Å². The molecule has 0 bridgehead atoms. The third-order valence-electron chi connectivity index (χ3n) is 1.98. The summed E-state index contributed by atoms with van der Waals surface area (Å²) in [6.45, 7) is 0. The number of carbonyl (C=O) groups excluding carboxylic acids is 1. The van der Waals surface area contributed by atoms with E-state index in [1.54, 1.807) is 0 Å². The van der Waals surface area contributed by atoms with E-state index in [1.165, 1.54) is 25.3 Å². The molecule has 0 aromatic heterocycles. The van der Waals surface area contributed by atoms with E-state index in [1.807, 2.05) is 0 Å². The molecule has 104 valence electrons. The lowest BCUT2D eigenvalue weighted by Gasteiger charge is -2.16. The first-order valence-corrected chi connectivity index (χ1v) is 5.06. The molecular weight excluding hydrogens is 268 g/mol. The molecule has 0 aliphatic carbocycles. The van der Waals surface area contributed by atoms with Crippen LogP contribution >= 0.6 is 0 Å². The zero-order valence-corrected chi connectivity index (χ0v) is 9.78. The highest BCUT2D eigenvalue weighted by atomic mass is 19.3. The molecule has 0 saturated carbocycles. The summed E-state index contributed by atoms with van der Waals surface area (Å²) in [7, 11) is 1.18. The highest BCUT2D eigenvalue weighted by molar-refractivity contribution is 5.86. The van der Waals surface area contributed by atoms with Crippen LogP contribution in [0.3, 0.4) is 0 Å². The topological polar surface area (TPSA) is 35.5 Å². The second-order valence-electron chi connectivity index (χ2n) is 3.39. The van der Waals surface area contributed by atoms with Gasteiger partial charge >= 0.3 is 18.5 Å². The monoisotopic (exact) mass is 278 g/mol. The molecule has 0 amide bonds. The average Bonchev–Trinajstić information content (AvgIpc) is 2.35. The normalized spacial score (nSPS) is 11.9. The molecule has 0 spiro atoms. The van der Waals surface area contributed by atoms with Crippen molar-refractivity contribution in [2.24, 2.45) is 0 Å². The minimum atomic E-state index is -4.56. The Morgan fingerprint density at radius 3 is 2.63 bits per heavy atom. The zero-order valence-electron chi connectivity index (χ0n) is 9.78. The fourth-order valence-electron chi connectivity index (χ4n) is 1.12. The molecule has 19 heavy (non-hydrogen) atoms. The Morgan fingerprint density at radius 2 is 2.05 bits per heavy atom. The van der Waals surface area contributed by atoms with E-state index in [0.717, 1.165) is 18.2 Å². The number of rotatable bonds is 5. The van der Waals surface area contributed by atoms with Gasteiger partial charge in [-0.05, 0) is 23.8 Å². The molecule has 0 unspecified atom stereocenters. The lowest BCUT2D eigenvalue weighted by Crippen LogP contribution is -2.33. The largest absolute Gasteiger partial charge is 0.466 e. The first kappa shape index (κ1) is 15.0. The molecule has 1 rings (SSSR count). The van der Waals surface area contributed by atoms with Crippen LogP contribution in [0, 0.1) is 0 Å². The Bertz CT molecular complexity index is 472. The van der Waals surface area contributed by atoms with Gasteiger partial charge in [0.15, 0.2) is 0 Å². The number of hydrogen-bond acceptors (Lipinski definition) is 3. The van der Waals surface area contributed by atoms with Gasteiger partial charge in [-0.15, -0.1) is 0 Å². The average molecular weight is 278 g/mol. The van der Waals surface area contributed by atoms with Crippen molar-refractivity contribution >= 4 is 12.0 Å². The molecule has 7 heteroatoms. The SMILES string of the molecule is COC(=O)C=Cc1cccc(OC(F)(F)C(F)F)c1. The number of hydrogen-bond donors (Lipinski definition) is 0. The van der Waals surface area contributed by atoms with Gasteiger partial charge in [0.2, 0.25) is 0 Å². The summed E-state index contributed by atoms with van der Waals surface area (Å²) in [6.07, 6.45) is -6.16. The Hall–Kier alpha value is -2.05. The van der Waals surface area contributed by atoms with E-state index >= 15 is 0 Å². The van der Waals surface area contributed by atoms with E-state index in [4.69, 9.17) is 0 Å². The van der Waals surface area contributed by atoms with Gasteiger partial charge in [0.05, 0.1) is 7.11 Å². The first-order valence-electron chi connectivity index (χ1n) is 5.06. The third kappa shape index (κ3) is 4.61. The third-order valence-corrected chi connectivity index (χ3v) is 1.98. The van der Waals surface area contributed by atoms with E-state index in [-0.39, 0.29) is 0 Å². The van der Waals surface area contributed by atoms with Crippen LogP contribution in [-0.2, 0) is 9.53 Å². The Balaban J connectivity index is 2.83. The van der Waals surface area contributed by atoms with Gasteiger partial charge in [0.1, 0.15) is 5.75 Å². The van der Waals surface area contributed by atoms with Gasteiger partial charge in [-0.25, -0.2) is 4.79 Å². The minimum Gasteiger partial charge on any atom is -0.466 e. The maximum Gasteiger partial charge on any atom is 0.461 e. The fraction of sp³-hybridized carbons (Fsp3) is 0.250. The van der Waals surface area contributed by atoms with Crippen molar-refractivity contribution in [2.45, 2.75) is 12.5 Å². The maximum atomic E-state index is 12.7. The molecule has 1 aromatic rings. The van der Waals surface area contributed by atoms with Gasteiger partial charge in [-0.1, -0.05) is 12.1 Å². The van der Waals surface area contributed by atoms with Gasteiger partial charge in [0, 0.05) is 6.08 Å². The van der Waals surface area contributed by atoms with Crippen LogP contribution in [0.4, 0.5) is 17.6 Å². The van der Waals surface area contributed by atoms with Crippen molar-refractivity contribution < 1.29 is 31.8 Å². The molecule has 0 aliphatic heterocycles. The van der Waals surface area contributed by atoms with Crippen LogP contribution in [0.5, 0.6) is 5.75 Å². The van der Waals surface area contributed by atoms with Crippen molar-refractivity contribution in [3.05, 3.63) is 35.9 Å². The van der Waals surface area contributed by atoms with Crippen LogP contribution in [0.25, 0.3) is 6.08 Å². The number of esters is 1. The molecule has 0 atom stereocenters. The van der Waals surface area contributed by atoms with Gasteiger partial charge in [0.25, 0.3) is 0 Å². The Kier molecular flexibility index (Phi) is 4.91. The summed E-state index contributed by atoms with van der Waals surface area (Å²) >= 11 is 0. The maximum absolute atomic E-state index is 12.7. The number of alkyl halides is 4. The van der Waals surface area contributed by atoms with E-state index in [0.29, 0.717) is 5.56 Å². The second kappa shape index (κ2) is 6.21. The highest BCUT2D eigenvalue weighted by Gasteiger charge is 2.43. The molecule has 0 heterocycles. The zero-order chi connectivity index (χ0) is 14.5. The Labute approximate surface area is 106 Å². The molecule has 0 aliphatic rings. The van der Waals surface area contributed by atoms with Crippen molar-refractivity contribution in [3.63, 3.8) is 0 Å². The Morgan fingerprint density at radius 1 is 1.37 bits per heavy atom. The smallest absolute Gasteiger partial charge is 0.461 e. The van der Waals surface area contributed by atoms with E-state index in [2.05, 4.69) is 9.47 Å². The predicted octanol–water partition coefficient (Wildman–Crippen LogP) is 3.11. The quantitative estimate of drug-likeness (QED) is 0.471. The van der Waals surface area contributed by atoms with Crippen molar-refractivity contribution in [1.82, 2.24) is 0 Å². The predicted molar refractivity (Wildman–Crippen MR) is 59.1 cm³/mol. The molecule has 0 radical (unpaired) electrons. The molecular formula is C12H10F4O3. The molecule has 0 N–H and O–H groups in total. The van der Waals surface area contributed by atoms with Crippen LogP contribution in [0.1, 0.15) is 5.56 Å². The summed E-state index contributed by atoms with van der Waals surface area (Å²) in [6, 6.07) is 5.00. The summed E-state index contributed by atoms with van der Waals surface area (Å²) in [5, 5.41) is 0. The lowest BCUT2D eigenvalue weighted by molar-refractivity contribution is -0.253.